The fourth-order valence-corrected chi connectivity index (χ4v) is 3.15. The lowest BCUT2D eigenvalue weighted by Crippen LogP contribution is -2.65. The van der Waals surface area contributed by atoms with Crippen LogP contribution in [0.25, 0.3) is 0 Å². The summed E-state index contributed by atoms with van der Waals surface area (Å²) < 4.78 is 5.37. The Morgan fingerprint density at radius 1 is 1.12 bits per heavy atom. The topological polar surface area (TPSA) is 69.9 Å². The summed E-state index contributed by atoms with van der Waals surface area (Å²) in [5.41, 5.74) is -1.28. The Bertz CT molecular complexity index is 239. The van der Waals surface area contributed by atoms with E-state index in [1.54, 1.807) is 6.92 Å². The number of aliphatic hydroxyl groups is 3. The Kier molecular flexibility index (Phi) is 3.54. The highest BCUT2D eigenvalue weighted by Gasteiger charge is 2.53. The van der Waals surface area contributed by atoms with Gasteiger partial charge in [0.1, 0.15) is 17.8 Å². The van der Waals surface area contributed by atoms with E-state index in [1.807, 2.05) is 0 Å². The van der Waals surface area contributed by atoms with Gasteiger partial charge in [-0.2, -0.15) is 0 Å². The van der Waals surface area contributed by atoms with Crippen molar-refractivity contribution in [3.05, 3.63) is 0 Å². The van der Waals surface area contributed by atoms with E-state index in [4.69, 9.17) is 4.74 Å². The van der Waals surface area contributed by atoms with Crippen LogP contribution in [0.3, 0.4) is 0 Å². The van der Waals surface area contributed by atoms with Crippen molar-refractivity contribution in [2.24, 2.45) is 5.92 Å². The molecular formula is C12H22O4. The fourth-order valence-electron chi connectivity index (χ4n) is 3.15. The Hall–Kier alpha value is -0.160. The number of hydrogen-bond donors (Lipinski definition) is 3. The van der Waals surface area contributed by atoms with Crippen molar-refractivity contribution in [3.8, 4) is 0 Å². The Labute approximate surface area is 96.2 Å². The maximum absolute atomic E-state index is 10.7. The molecule has 4 heteroatoms. The summed E-state index contributed by atoms with van der Waals surface area (Å²) in [7, 11) is 0. The standard InChI is InChI=1S/C12H22O4/c1-8-12(15,9-5-3-2-4-6-9)11(14)10(13)7-16-8/h8-11,13-15H,2-7H2,1H3/t8?,10?,11-,12+/m1/s1. The van der Waals surface area contributed by atoms with E-state index in [0.29, 0.717) is 0 Å². The molecule has 0 spiro atoms. The van der Waals surface area contributed by atoms with E-state index in [2.05, 4.69) is 0 Å². The molecule has 94 valence electrons. The van der Waals surface area contributed by atoms with Crippen LogP contribution in [-0.2, 0) is 4.74 Å². The van der Waals surface area contributed by atoms with E-state index >= 15 is 0 Å². The largest absolute Gasteiger partial charge is 0.388 e. The van der Waals surface area contributed by atoms with E-state index in [0.717, 1.165) is 25.7 Å². The molecule has 1 aliphatic carbocycles. The molecule has 16 heavy (non-hydrogen) atoms. The third-order valence-corrected chi connectivity index (χ3v) is 4.27. The summed E-state index contributed by atoms with van der Waals surface area (Å²) in [5.74, 6) is 0.0428. The summed E-state index contributed by atoms with van der Waals surface area (Å²) in [6, 6.07) is 0. The summed E-state index contributed by atoms with van der Waals surface area (Å²) in [5, 5.41) is 30.3. The van der Waals surface area contributed by atoms with Crippen molar-refractivity contribution in [3.63, 3.8) is 0 Å². The molecule has 0 bridgehead atoms. The lowest BCUT2D eigenvalue weighted by Gasteiger charge is -2.49. The molecule has 1 heterocycles. The SMILES string of the molecule is CC1OCC(O)[C@@H](O)[C@@]1(O)C1CCCCC1. The Balaban J connectivity index is 2.17. The van der Waals surface area contributed by atoms with Gasteiger partial charge < -0.3 is 20.1 Å². The Morgan fingerprint density at radius 2 is 1.75 bits per heavy atom. The molecule has 0 radical (unpaired) electrons. The van der Waals surface area contributed by atoms with Gasteiger partial charge in [-0.1, -0.05) is 19.3 Å². The number of aliphatic hydroxyl groups excluding tert-OH is 2. The molecule has 0 aromatic heterocycles. The van der Waals surface area contributed by atoms with Gasteiger partial charge in [-0.15, -0.1) is 0 Å². The van der Waals surface area contributed by atoms with Gasteiger partial charge in [-0.05, 0) is 25.7 Å². The molecule has 0 amide bonds. The minimum atomic E-state index is -1.28. The van der Waals surface area contributed by atoms with Crippen LogP contribution in [0.1, 0.15) is 39.0 Å². The maximum atomic E-state index is 10.7. The van der Waals surface area contributed by atoms with Crippen molar-refractivity contribution in [2.45, 2.75) is 62.9 Å². The highest BCUT2D eigenvalue weighted by molar-refractivity contribution is 5.03. The van der Waals surface area contributed by atoms with Crippen LogP contribution in [0.4, 0.5) is 0 Å². The van der Waals surface area contributed by atoms with Crippen molar-refractivity contribution >= 4 is 0 Å². The second-order valence-electron chi connectivity index (χ2n) is 5.21. The normalized spacial score (nSPS) is 46.9. The zero-order valence-electron chi connectivity index (χ0n) is 9.80. The first-order valence-electron chi connectivity index (χ1n) is 6.27. The van der Waals surface area contributed by atoms with Gasteiger partial charge in [0.25, 0.3) is 0 Å². The zero-order chi connectivity index (χ0) is 11.8. The summed E-state index contributed by atoms with van der Waals surface area (Å²) >= 11 is 0. The van der Waals surface area contributed by atoms with Crippen molar-refractivity contribution in [1.82, 2.24) is 0 Å². The molecule has 3 N–H and O–H groups in total. The third kappa shape index (κ3) is 1.88. The van der Waals surface area contributed by atoms with Gasteiger partial charge in [0.2, 0.25) is 0 Å². The fraction of sp³-hybridized carbons (Fsp3) is 1.00. The molecule has 1 saturated heterocycles. The second-order valence-corrected chi connectivity index (χ2v) is 5.21. The van der Waals surface area contributed by atoms with Crippen LogP contribution in [-0.4, -0.2) is 45.8 Å². The van der Waals surface area contributed by atoms with E-state index in [-0.39, 0.29) is 12.5 Å². The van der Waals surface area contributed by atoms with Gasteiger partial charge in [0.15, 0.2) is 0 Å². The molecule has 4 atom stereocenters. The van der Waals surface area contributed by atoms with Crippen LogP contribution in [0.15, 0.2) is 0 Å². The zero-order valence-corrected chi connectivity index (χ0v) is 9.80. The molecule has 2 unspecified atom stereocenters. The minimum absolute atomic E-state index is 0.0428. The third-order valence-electron chi connectivity index (χ3n) is 4.27. The van der Waals surface area contributed by atoms with Crippen LogP contribution >= 0.6 is 0 Å². The molecule has 2 rings (SSSR count). The molecular weight excluding hydrogens is 208 g/mol. The van der Waals surface area contributed by atoms with Gasteiger partial charge in [0.05, 0.1) is 12.7 Å². The molecule has 1 saturated carbocycles. The van der Waals surface area contributed by atoms with Crippen molar-refractivity contribution in [2.75, 3.05) is 6.61 Å². The highest BCUT2D eigenvalue weighted by atomic mass is 16.5. The van der Waals surface area contributed by atoms with Crippen molar-refractivity contribution in [1.29, 1.82) is 0 Å². The monoisotopic (exact) mass is 230 g/mol. The van der Waals surface area contributed by atoms with Gasteiger partial charge in [-0.3, -0.25) is 0 Å². The lowest BCUT2D eigenvalue weighted by atomic mass is 9.69. The van der Waals surface area contributed by atoms with E-state index in [9.17, 15) is 15.3 Å². The number of hydrogen-bond acceptors (Lipinski definition) is 4. The first-order valence-corrected chi connectivity index (χ1v) is 6.27. The number of rotatable bonds is 1. The van der Waals surface area contributed by atoms with Crippen molar-refractivity contribution < 1.29 is 20.1 Å². The quantitative estimate of drug-likeness (QED) is 0.611. The van der Waals surface area contributed by atoms with Gasteiger partial charge in [-0.25, -0.2) is 0 Å². The van der Waals surface area contributed by atoms with Crippen LogP contribution in [0.2, 0.25) is 0 Å². The average Bonchev–Trinajstić information content (AvgIpc) is 2.33. The predicted octanol–water partition coefficient (Wildman–Crippen LogP) is 0.438. The molecule has 1 aliphatic heterocycles. The summed E-state index contributed by atoms with van der Waals surface area (Å²) in [6.07, 6.45) is 2.73. The second kappa shape index (κ2) is 4.61. The summed E-state index contributed by atoms with van der Waals surface area (Å²) in [6.45, 7) is 1.89. The number of ether oxygens (including phenoxy) is 1. The molecule has 2 aliphatic rings. The maximum Gasteiger partial charge on any atom is 0.122 e. The minimum Gasteiger partial charge on any atom is -0.388 e. The molecule has 0 aromatic carbocycles. The summed E-state index contributed by atoms with van der Waals surface area (Å²) in [4.78, 5) is 0. The molecule has 0 aromatic rings. The van der Waals surface area contributed by atoms with Gasteiger partial charge >= 0.3 is 0 Å². The van der Waals surface area contributed by atoms with E-state index < -0.39 is 23.9 Å². The first kappa shape index (κ1) is 12.3. The van der Waals surface area contributed by atoms with Crippen LogP contribution in [0.5, 0.6) is 0 Å². The Morgan fingerprint density at radius 3 is 2.38 bits per heavy atom. The smallest absolute Gasteiger partial charge is 0.122 e. The van der Waals surface area contributed by atoms with Gasteiger partial charge in [0, 0.05) is 0 Å². The lowest BCUT2D eigenvalue weighted by molar-refractivity contribution is -0.260. The van der Waals surface area contributed by atoms with Crippen LogP contribution < -0.4 is 0 Å². The average molecular weight is 230 g/mol. The molecule has 2 fully saturated rings. The first-order chi connectivity index (χ1) is 7.56. The highest BCUT2D eigenvalue weighted by Crippen LogP contribution is 2.40. The van der Waals surface area contributed by atoms with Crippen LogP contribution in [0, 0.1) is 5.92 Å². The predicted molar refractivity (Wildman–Crippen MR) is 59.0 cm³/mol. The molecule has 4 nitrogen and oxygen atoms in total. The van der Waals surface area contributed by atoms with E-state index in [1.165, 1.54) is 6.42 Å².